The molecule has 0 atom stereocenters. The second kappa shape index (κ2) is 21.9. The van der Waals surface area contributed by atoms with E-state index in [1.54, 1.807) is 0 Å². The number of ether oxygens (including phenoxy) is 2. The van der Waals surface area contributed by atoms with E-state index in [2.05, 4.69) is 51.2 Å². The first-order valence-corrected chi connectivity index (χ1v) is 22.1. The fourth-order valence-electron chi connectivity index (χ4n) is 6.45. The molecule has 2 aromatic heterocycles. The van der Waals surface area contributed by atoms with Crippen molar-refractivity contribution >= 4 is 90.8 Å². The smallest absolute Gasteiger partial charge is 1.00 e. The van der Waals surface area contributed by atoms with Gasteiger partial charge in [-0.2, -0.15) is 46.7 Å². The van der Waals surface area contributed by atoms with E-state index >= 15 is 0 Å². The molecule has 20 nitrogen and oxygen atoms in total. The Morgan fingerprint density at radius 1 is 0.484 bits per heavy atom. The maximum absolute atomic E-state index is 12.7. The molecular weight excluding hydrogens is 887 g/mol. The van der Waals surface area contributed by atoms with Gasteiger partial charge in [0.1, 0.15) is 9.79 Å². The van der Waals surface area contributed by atoms with E-state index in [0.717, 1.165) is 11.4 Å². The number of morpholine rings is 2. The Kier molecular flexibility index (Phi) is 16.6. The van der Waals surface area contributed by atoms with Crippen LogP contribution >= 0.6 is 0 Å². The van der Waals surface area contributed by atoms with Crippen LogP contribution in [0.15, 0.2) is 107 Å². The van der Waals surface area contributed by atoms with Gasteiger partial charge in [0.25, 0.3) is 20.2 Å². The molecule has 0 spiro atoms. The number of hydrogen-bond donors (Lipinski definition) is 6. The third kappa shape index (κ3) is 12.9. The van der Waals surface area contributed by atoms with E-state index in [9.17, 15) is 25.9 Å². The van der Waals surface area contributed by atoms with Gasteiger partial charge in [-0.1, -0.05) is 60.7 Å². The van der Waals surface area contributed by atoms with Crippen molar-refractivity contribution in [3.05, 3.63) is 108 Å². The average molecular weight is 929 g/mol. The molecule has 64 heavy (non-hydrogen) atoms. The van der Waals surface area contributed by atoms with Gasteiger partial charge in [0.2, 0.25) is 35.7 Å². The number of hydrogen-bond acceptors (Lipinski definition) is 18. The molecule has 0 saturated carbocycles. The van der Waals surface area contributed by atoms with Crippen LogP contribution < -0.4 is 90.2 Å². The molecule has 8 rings (SSSR count). The number of aromatic nitrogens is 6. The van der Waals surface area contributed by atoms with Crippen molar-refractivity contribution < 1.29 is 97.4 Å². The number of rotatable bonds is 14. The molecule has 24 heteroatoms. The SMILES string of the molecule is O=S(=O)(O)c1cc(Nc2nc(Nc3ccccc3)nc(N3CCOCC3)n2)ccc1/C=C/c1ccc(Nc2nc(Nc3ccccc3)nc(N3CCOCC3)n2)cc1S(=O)(=O)O.[H-].[H-].[Na+].[Na+]. The summed E-state index contributed by atoms with van der Waals surface area (Å²) >= 11 is 0. The first-order chi connectivity index (χ1) is 29.9. The molecule has 0 bridgehead atoms. The molecule has 4 heterocycles. The predicted octanol–water partition coefficient (Wildman–Crippen LogP) is -0.399. The van der Waals surface area contributed by atoms with Crippen molar-refractivity contribution in [2.45, 2.75) is 9.79 Å². The van der Waals surface area contributed by atoms with Crippen LogP contribution in [-0.2, 0) is 29.7 Å². The van der Waals surface area contributed by atoms with Crippen LogP contribution in [0, 0.1) is 0 Å². The van der Waals surface area contributed by atoms with Crippen LogP contribution in [0.25, 0.3) is 12.2 Å². The molecule has 0 aliphatic carbocycles. The van der Waals surface area contributed by atoms with Crippen molar-refractivity contribution in [1.29, 1.82) is 0 Å². The molecular formula is C40H42N12Na2O8S2. The number of benzene rings is 4. The molecule has 324 valence electrons. The maximum atomic E-state index is 12.7. The Labute approximate surface area is 416 Å². The molecule has 2 fully saturated rings. The molecule has 0 amide bonds. The van der Waals surface area contributed by atoms with E-state index in [0.29, 0.717) is 64.5 Å². The molecule has 6 aromatic rings. The third-order valence-electron chi connectivity index (χ3n) is 9.43. The number of para-hydroxylation sites is 2. The van der Waals surface area contributed by atoms with E-state index in [-0.39, 0.29) is 108 Å². The summed E-state index contributed by atoms with van der Waals surface area (Å²) in [7, 11) is -9.67. The van der Waals surface area contributed by atoms with Crippen molar-refractivity contribution in [1.82, 2.24) is 29.9 Å². The topological polar surface area (TPSA) is 259 Å². The minimum Gasteiger partial charge on any atom is -1.00 e. The summed E-state index contributed by atoms with van der Waals surface area (Å²) in [5.41, 5.74) is 1.92. The summed E-state index contributed by atoms with van der Waals surface area (Å²) in [6.45, 7) is 4.13. The minimum atomic E-state index is -4.83. The number of anilines is 10. The molecule has 2 aliphatic heterocycles. The van der Waals surface area contributed by atoms with E-state index in [1.807, 2.05) is 70.5 Å². The van der Waals surface area contributed by atoms with Crippen LogP contribution in [0.2, 0.25) is 0 Å². The Morgan fingerprint density at radius 2 is 0.812 bits per heavy atom. The minimum absolute atomic E-state index is 0. The van der Waals surface area contributed by atoms with Crippen LogP contribution in [-0.4, -0.2) is 108 Å². The maximum Gasteiger partial charge on any atom is 1.00 e. The molecule has 4 aromatic carbocycles. The normalized spacial score (nSPS) is 14.3. The zero-order valence-electron chi connectivity index (χ0n) is 36.8. The van der Waals surface area contributed by atoms with Gasteiger partial charge in [0.15, 0.2) is 0 Å². The van der Waals surface area contributed by atoms with Gasteiger partial charge in [-0.3, -0.25) is 9.11 Å². The molecule has 2 saturated heterocycles. The van der Waals surface area contributed by atoms with E-state index in [1.165, 1.54) is 48.6 Å². The molecule has 0 unspecified atom stereocenters. The van der Waals surface area contributed by atoms with Crippen molar-refractivity contribution in [2.75, 3.05) is 83.7 Å². The van der Waals surface area contributed by atoms with Crippen LogP contribution in [0.1, 0.15) is 14.0 Å². The molecule has 6 N–H and O–H groups in total. The fraction of sp³-hybridized carbons (Fsp3) is 0.200. The van der Waals surface area contributed by atoms with Gasteiger partial charge in [-0.15, -0.1) is 0 Å². The summed E-state index contributed by atoms with van der Waals surface area (Å²) in [6.07, 6.45) is 2.60. The quantitative estimate of drug-likeness (QED) is 0.0462. The third-order valence-corrected chi connectivity index (χ3v) is 11.3. The zero-order valence-corrected chi connectivity index (χ0v) is 40.4. The van der Waals surface area contributed by atoms with E-state index in [4.69, 9.17) is 9.47 Å². The summed E-state index contributed by atoms with van der Waals surface area (Å²) < 4.78 is 82.5. The Balaban J connectivity index is 0.00000238. The van der Waals surface area contributed by atoms with Gasteiger partial charge < -0.3 is 43.4 Å². The summed E-state index contributed by atoms with van der Waals surface area (Å²) in [6, 6.07) is 26.8. The first-order valence-electron chi connectivity index (χ1n) is 19.2. The molecule has 2 aliphatic rings. The van der Waals surface area contributed by atoms with Gasteiger partial charge >= 0.3 is 59.1 Å². The monoisotopic (exact) mass is 928 g/mol. The fourth-order valence-corrected chi connectivity index (χ4v) is 7.87. The zero-order chi connectivity index (χ0) is 43.1. The number of nitrogens with one attached hydrogen (secondary N) is 4. The Morgan fingerprint density at radius 3 is 1.14 bits per heavy atom. The summed E-state index contributed by atoms with van der Waals surface area (Å²) in [5, 5.41) is 12.3. The van der Waals surface area contributed by atoms with Gasteiger partial charge in [0, 0.05) is 48.9 Å². The number of nitrogens with zero attached hydrogens (tertiary/aromatic N) is 8. The summed E-state index contributed by atoms with van der Waals surface area (Å²) in [5.74, 6) is 1.38. The van der Waals surface area contributed by atoms with Crippen molar-refractivity contribution in [3.63, 3.8) is 0 Å². The first kappa shape index (κ1) is 48.6. The average Bonchev–Trinajstić information content (AvgIpc) is 3.27. The largest absolute Gasteiger partial charge is 1.00 e. The van der Waals surface area contributed by atoms with Crippen molar-refractivity contribution in [3.8, 4) is 0 Å². The Bertz CT molecular complexity index is 2630. The summed E-state index contributed by atoms with van der Waals surface area (Å²) in [4.78, 5) is 30.1. The second-order valence-corrected chi connectivity index (χ2v) is 16.6. The van der Waals surface area contributed by atoms with Crippen LogP contribution in [0.3, 0.4) is 0 Å². The van der Waals surface area contributed by atoms with Crippen LogP contribution in [0.5, 0.6) is 0 Å². The standard InChI is InChI=1S/C40H40N12O8S2.2Na.2H/c53-61(54,55)33-25-31(43-37-45-35(41-29-7-3-1-4-8-29)47-39(49-37)51-17-21-59-22-18-51)15-13-27(33)11-12-28-14-16-32(26-34(28)62(56,57)58)44-38-46-36(42-30-9-5-2-6-10-30)48-40(50-38)52-19-23-60-24-20-52;;;;/h1-16,25-26H,17-24H2,(H,53,54,55)(H,56,57,58)(H2,41,43,45,47,49)(H2,42,44,46,48,50);;;;/q;2*+1;2*-1/b12-11+;;;;. The molecule has 0 radical (unpaired) electrons. The van der Waals surface area contributed by atoms with Gasteiger partial charge in [0.05, 0.1) is 26.4 Å². The predicted molar refractivity (Wildman–Crippen MR) is 235 cm³/mol. The van der Waals surface area contributed by atoms with Gasteiger partial charge in [-0.25, -0.2) is 0 Å². The van der Waals surface area contributed by atoms with Crippen molar-refractivity contribution in [2.24, 2.45) is 0 Å². The van der Waals surface area contributed by atoms with Gasteiger partial charge in [-0.05, 0) is 59.7 Å². The Hall–Kier alpha value is -4.82. The van der Waals surface area contributed by atoms with E-state index < -0.39 is 30.0 Å². The second-order valence-electron chi connectivity index (χ2n) is 13.8. The van der Waals surface area contributed by atoms with Crippen LogP contribution in [0.4, 0.5) is 58.4 Å².